The van der Waals surface area contributed by atoms with Crippen LogP contribution in [0.4, 0.5) is 5.69 Å². The number of hydrogen-bond donors (Lipinski definition) is 3. The van der Waals surface area contributed by atoms with Gasteiger partial charge in [-0.2, -0.15) is 0 Å². The molecule has 0 unspecified atom stereocenters. The number of nitrogens with two attached hydrogens (primary N) is 1. The third-order valence-electron chi connectivity index (χ3n) is 3.29. The smallest absolute Gasteiger partial charge is 0.258 e. The molecule has 2 aromatic carbocycles. The largest absolute Gasteiger partial charge is 0.484 e. The van der Waals surface area contributed by atoms with Gasteiger partial charge in [-0.3, -0.25) is 14.4 Å². The van der Waals surface area contributed by atoms with Crippen LogP contribution >= 0.6 is 0 Å². The molecule has 7 nitrogen and oxygen atoms in total. The summed E-state index contributed by atoms with van der Waals surface area (Å²) in [6.07, 6.45) is 0.731. The standard InChI is InChI=1S/C18H19N3O4.C2H6/c19-15-5-3-14(4-6-15)18(24)21-10-9-20-17(23)12-25-16-7-1-13(11-22)2-8-16;1-2/h1-8,11H,9-10,12,19H2,(H,20,23)(H,21,24);1-2H3. The van der Waals surface area contributed by atoms with Gasteiger partial charge in [0, 0.05) is 29.9 Å². The molecule has 27 heavy (non-hydrogen) atoms. The van der Waals surface area contributed by atoms with Crippen molar-refractivity contribution in [2.75, 3.05) is 25.4 Å². The molecule has 0 aliphatic rings. The normalized spacial score (nSPS) is 9.41. The molecule has 0 aliphatic carbocycles. The van der Waals surface area contributed by atoms with Crippen LogP contribution < -0.4 is 21.1 Å². The summed E-state index contributed by atoms with van der Waals surface area (Å²) < 4.78 is 5.30. The number of aldehydes is 1. The summed E-state index contributed by atoms with van der Waals surface area (Å²) in [5.41, 5.74) is 7.19. The molecule has 0 aliphatic heterocycles. The van der Waals surface area contributed by atoms with Crippen LogP contribution in [0.1, 0.15) is 34.6 Å². The number of carbonyl (C=O) groups is 3. The molecule has 2 aromatic rings. The highest BCUT2D eigenvalue weighted by Gasteiger charge is 2.05. The quantitative estimate of drug-likeness (QED) is 0.374. The SMILES string of the molecule is CC.Nc1ccc(C(=O)NCCNC(=O)COc2ccc(C=O)cc2)cc1. The zero-order valence-electron chi connectivity index (χ0n) is 15.5. The molecule has 0 saturated carbocycles. The average Bonchev–Trinajstić information content (AvgIpc) is 2.72. The van der Waals surface area contributed by atoms with Gasteiger partial charge in [0.15, 0.2) is 6.61 Å². The first-order chi connectivity index (χ1) is 13.1. The highest BCUT2D eigenvalue weighted by Crippen LogP contribution is 2.10. The van der Waals surface area contributed by atoms with E-state index < -0.39 is 0 Å². The number of nitrogen functional groups attached to an aromatic ring is 1. The van der Waals surface area contributed by atoms with Crippen LogP contribution in [0.15, 0.2) is 48.5 Å². The second-order valence-corrected chi connectivity index (χ2v) is 5.20. The van der Waals surface area contributed by atoms with Gasteiger partial charge in [0.05, 0.1) is 0 Å². The summed E-state index contributed by atoms with van der Waals surface area (Å²) in [5.74, 6) is -0.0423. The molecule has 0 heterocycles. The first-order valence-electron chi connectivity index (χ1n) is 8.67. The number of benzene rings is 2. The molecule has 0 spiro atoms. The van der Waals surface area contributed by atoms with Crippen LogP contribution in [-0.2, 0) is 4.79 Å². The van der Waals surface area contributed by atoms with Crippen molar-refractivity contribution in [3.05, 3.63) is 59.7 Å². The van der Waals surface area contributed by atoms with Gasteiger partial charge < -0.3 is 21.1 Å². The van der Waals surface area contributed by atoms with E-state index in [0.29, 0.717) is 29.1 Å². The lowest BCUT2D eigenvalue weighted by molar-refractivity contribution is -0.123. The van der Waals surface area contributed by atoms with E-state index in [9.17, 15) is 14.4 Å². The summed E-state index contributed by atoms with van der Waals surface area (Å²) >= 11 is 0. The third-order valence-corrected chi connectivity index (χ3v) is 3.29. The summed E-state index contributed by atoms with van der Waals surface area (Å²) in [6.45, 7) is 4.43. The molecule has 144 valence electrons. The Morgan fingerprint density at radius 1 is 0.963 bits per heavy atom. The summed E-state index contributed by atoms with van der Waals surface area (Å²) in [7, 11) is 0. The van der Waals surface area contributed by atoms with Gasteiger partial charge in [0.2, 0.25) is 0 Å². The lowest BCUT2D eigenvalue weighted by Gasteiger charge is -2.09. The minimum atomic E-state index is -0.304. The van der Waals surface area contributed by atoms with Crippen LogP contribution in [-0.4, -0.2) is 37.8 Å². The Morgan fingerprint density at radius 2 is 1.56 bits per heavy atom. The number of hydrogen-bond acceptors (Lipinski definition) is 5. The van der Waals surface area contributed by atoms with E-state index in [0.717, 1.165) is 6.29 Å². The van der Waals surface area contributed by atoms with Crippen LogP contribution in [0.5, 0.6) is 5.75 Å². The van der Waals surface area contributed by atoms with E-state index in [-0.39, 0.29) is 25.0 Å². The molecule has 0 atom stereocenters. The molecule has 0 radical (unpaired) electrons. The summed E-state index contributed by atoms with van der Waals surface area (Å²) in [4.78, 5) is 34.1. The maximum absolute atomic E-state index is 11.8. The molecule has 0 aromatic heterocycles. The first kappa shape index (κ1) is 21.7. The Hall–Kier alpha value is -3.35. The fourth-order valence-electron chi connectivity index (χ4n) is 1.96. The Bertz CT molecular complexity index is 728. The van der Waals surface area contributed by atoms with Crippen LogP contribution in [0.25, 0.3) is 0 Å². The van der Waals surface area contributed by atoms with Crippen LogP contribution in [0, 0.1) is 0 Å². The van der Waals surface area contributed by atoms with E-state index in [4.69, 9.17) is 10.5 Å². The lowest BCUT2D eigenvalue weighted by atomic mass is 10.2. The molecule has 0 fully saturated rings. The topological polar surface area (TPSA) is 111 Å². The van der Waals surface area contributed by atoms with Crippen molar-refractivity contribution < 1.29 is 19.1 Å². The number of anilines is 1. The zero-order valence-corrected chi connectivity index (χ0v) is 15.5. The molecular formula is C20H25N3O4. The molecule has 0 saturated heterocycles. The second kappa shape index (κ2) is 12.1. The van der Waals surface area contributed by atoms with Crippen molar-refractivity contribution in [2.45, 2.75) is 13.8 Å². The number of amides is 2. The minimum Gasteiger partial charge on any atom is -0.484 e. The van der Waals surface area contributed by atoms with Crippen LogP contribution in [0.3, 0.4) is 0 Å². The maximum atomic E-state index is 11.8. The van der Waals surface area contributed by atoms with Crippen molar-refractivity contribution in [2.24, 2.45) is 0 Å². The third kappa shape index (κ3) is 8.04. The Morgan fingerprint density at radius 3 is 2.15 bits per heavy atom. The fourth-order valence-corrected chi connectivity index (χ4v) is 1.96. The zero-order chi connectivity index (χ0) is 20.1. The minimum absolute atomic E-state index is 0.146. The number of nitrogens with one attached hydrogen (secondary N) is 2. The fraction of sp³-hybridized carbons (Fsp3) is 0.250. The number of carbonyl (C=O) groups excluding carboxylic acids is 3. The van der Waals surface area contributed by atoms with Crippen molar-refractivity contribution in [1.82, 2.24) is 10.6 Å². The van der Waals surface area contributed by atoms with E-state index in [2.05, 4.69) is 10.6 Å². The number of ether oxygens (including phenoxy) is 1. The van der Waals surface area contributed by atoms with Gasteiger partial charge in [-0.25, -0.2) is 0 Å². The Labute approximate surface area is 158 Å². The molecule has 0 bridgehead atoms. The van der Waals surface area contributed by atoms with Crippen molar-refractivity contribution >= 4 is 23.8 Å². The average molecular weight is 371 g/mol. The molecule has 7 heteroatoms. The van der Waals surface area contributed by atoms with Gasteiger partial charge in [0.1, 0.15) is 12.0 Å². The maximum Gasteiger partial charge on any atom is 0.258 e. The lowest BCUT2D eigenvalue weighted by Crippen LogP contribution is -2.36. The van der Waals surface area contributed by atoms with Crippen molar-refractivity contribution in [3.63, 3.8) is 0 Å². The summed E-state index contributed by atoms with van der Waals surface area (Å²) in [6, 6.07) is 13.0. The predicted octanol–water partition coefficient (Wildman–Crippen LogP) is 2.03. The van der Waals surface area contributed by atoms with E-state index in [1.165, 1.54) is 0 Å². The van der Waals surface area contributed by atoms with Crippen molar-refractivity contribution in [3.8, 4) is 5.75 Å². The molecule has 2 amide bonds. The van der Waals surface area contributed by atoms with E-state index in [1.54, 1.807) is 48.5 Å². The van der Waals surface area contributed by atoms with Crippen molar-refractivity contribution in [1.29, 1.82) is 0 Å². The van der Waals surface area contributed by atoms with Gasteiger partial charge in [0.25, 0.3) is 11.8 Å². The predicted molar refractivity (Wildman–Crippen MR) is 105 cm³/mol. The van der Waals surface area contributed by atoms with E-state index >= 15 is 0 Å². The van der Waals surface area contributed by atoms with Gasteiger partial charge in [-0.05, 0) is 48.5 Å². The highest BCUT2D eigenvalue weighted by atomic mass is 16.5. The first-order valence-corrected chi connectivity index (χ1v) is 8.67. The number of rotatable bonds is 8. The highest BCUT2D eigenvalue weighted by molar-refractivity contribution is 5.94. The molecular weight excluding hydrogens is 346 g/mol. The molecule has 4 N–H and O–H groups in total. The molecule has 2 rings (SSSR count). The van der Waals surface area contributed by atoms with Gasteiger partial charge in [-0.15, -0.1) is 0 Å². The van der Waals surface area contributed by atoms with E-state index in [1.807, 2.05) is 13.8 Å². The summed E-state index contributed by atoms with van der Waals surface area (Å²) in [5, 5.41) is 5.33. The Balaban J connectivity index is 0.00000176. The van der Waals surface area contributed by atoms with Gasteiger partial charge >= 0.3 is 0 Å². The Kier molecular flexibility index (Phi) is 9.70. The van der Waals surface area contributed by atoms with Crippen LogP contribution in [0.2, 0.25) is 0 Å². The van der Waals surface area contributed by atoms with Gasteiger partial charge in [-0.1, -0.05) is 13.8 Å². The second-order valence-electron chi connectivity index (χ2n) is 5.20. The monoisotopic (exact) mass is 371 g/mol.